The predicted octanol–water partition coefficient (Wildman–Crippen LogP) is 5.15. The molecule has 1 saturated heterocycles. The number of esters is 1. The summed E-state index contributed by atoms with van der Waals surface area (Å²) in [6.07, 6.45) is 6.75. The summed E-state index contributed by atoms with van der Waals surface area (Å²) in [5.41, 5.74) is 4.36. The molecule has 1 unspecified atom stereocenters. The highest BCUT2D eigenvalue weighted by atomic mass is 16.5. The van der Waals surface area contributed by atoms with Crippen molar-refractivity contribution in [3.63, 3.8) is 0 Å². The molecule has 4 rings (SSSR count). The van der Waals surface area contributed by atoms with Crippen molar-refractivity contribution in [1.29, 1.82) is 0 Å². The van der Waals surface area contributed by atoms with Gasteiger partial charge in [0.2, 0.25) is 0 Å². The van der Waals surface area contributed by atoms with Crippen molar-refractivity contribution in [3.8, 4) is 11.5 Å². The number of hydrogen-bond acceptors (Lipinski definition) is 4. The fourth-order valence-electron chi connectivity index (χ4n) is 3.92. The third-order valence-corrected chi connectivity index (χ3v) is 5.67. The molecule has 4 heteroatoms. The summed E-state index contributed by atoms with van der Waals surface area (Å²) in [7, 11) is 0. The second-order valence-electron chi connectivity index (χ2n) is 9.23. The smallest absolute Gasteiger partial charge is 0.316 e. The highest BCUT2D eigenvalue weighted by Gasteiger charge is 2.24. The number of hydrogen-bond donors (Lipinski definition) is 1. The lowest BCUT2D eigenvalue weighted by Crippen LogP contribution is -2.25. The molecule has 30 heavy (non-hydrogen) atoms. The maximum atomic E-state index is 12.3. The van der Waals surface area contributed by atoms with Gasteiger partial charge in [-0.15, -0.1) is 0 Å². The Morgan fingerprint density at radius 1 is 1.07 bits per heavy atom. The van der Waals surface area contributed by atoms with E-state index in [-0.39, 0.29) is 12.1 Å². The van der Waals surface area contributed by atoms with Gasteiger partial charge in [0.15, 0.2) is 0 Å². The standard InChI is InChI=1S/C26H31NO3/c1-26(2,3)25(28)30-21-12-13-24-19(16-21)6-4-5-7-23(24)18-8-10-20(11-9-18)29-22-14-15-27-17-22/h7-13,16,22,27H,4-6,14-15,17H2,1-3H3. The van der Waals surface area contributed by atoms with Crippen molar-refractivity contribution >= 4 is 11.5 Å². The molecule has 1 N–H and O–H groups in total. The number of benzene rings is 2. The summed E-state index contributed by atoms with van der Waals surface area (Å²) in [5.74, 6) is 1.34. The van der Waals surface area contributed by atoms with Crippen LogP contribution in [0.1, 0.15) is 56.7 Å². The molecule has 1 fully saturated rings. The molecule has 0 spiro atoms. The van der Waals surface area contributed by atoms with E-state index < -0.39 is 5.41 Å². The lowest BCUT2D eigenvalue weighted by molar-refractivity contribution is -0.143. The minimum Gasteiger partial charge on any atom is -0.489 e. The fourth-order valence-corrected chi connectivity index (χ4v) is 3.92. The van der Waals surface area contributed by atoms with Gasteiger partial charge >= 0.3 is 5.97 Å². The van der Waals surface area contributed by atoms with Crippen LogP contribution in [0.15, 0.2) is 48.5 Å². The van der Waals surface area contributed by atoms with Crippen molar-refractivity contribution in [1.82, 2.24) is 5.32 Å². The largest absolute Gasteiger partial charge is 0.489 e. The minimum absolute atomic E-state index is 0.208. The van der Waals surface area contributed by atoms with Crippen molar-refractivity contribution < 1.29 is 14.3 Å². The molecule has 2 aromatic carbocycles. The Hall–Kier alpha value is -2.59. The van der Waals surface area contributed by atoms with E-state index in [4.69, 9.17) is 9.47 Å². The highest BCUT2D eigenvalue weighted by molar-refractivity contribution is 5.83. The molecule has 1 atom stereocenters. The van der Waals surface area contributed by atoms with Crippen LogP contribution in [-0.2, 0) is 11.2 Å². The van der Waals surface area contributed by atoms with E-state index in [1.165, 1.54) is 22.3 Å². The minimum atomic E-state index is -0.518. The number of fused-ring (bicyclic) bond motifs is 1. The van der Waals surface area contributed by atoms with Crippen LogP contribution < -0.4 is 14.8 Å². The zero-order chi connectivity index (χ0) is 21.1. The Kier molecular flexibility index (Phi) is 5.96. The van der Waals surface area contributed by atoms with E-state index >= 15 is 0 Å². The molecular formula is C26H31NO3. The summed E-state index contributed by atoms with van der Waals surface area (Å²) in [6.45, 7) is 7.56. The number of allylic oxidation sites excluding steroid dienone is 1. The lowest BCUT2D eigenvalue weighted by Gasteiger charge is -2.18. The molecule has 158 valence electrons. The molecule has 2 aromatic rings. The summed E-state index contributed by atoms with van der Waals surface area (Å²) in [4.78, 5) is 12.3. The van der Waals surface area contributed by atoms with Gasteiger partial charge in [0.05, 0.1) is 5.41 Å². The van der Waals surface area contributed by atoms with Gasteiger partial charge in [0, 0.05) is 6.54 Å². The number of rotatable bonds is 4. The van der Waals surface area contributed by atoms with E-state index in [9.17, 15) is 4.79 Å². The van der Waals surface area contributed by atoms with Crippen LogP contribution in [0.3, 0.4) is 0 Å². The Morgan fingerprint density at radius 2 is 1.83 bits per heavy atom. The Morgan fingerprint density at radius 3 is 2.53 bits per heavy atom. The number of aryl methyl sites for hydroxylation is 1. The molecule has 1 aliphatic carbocycles. The summed E-state index contributed by atoms with van der Waals surface area (Å²) in [6, 6.07) is 14.5. The zero-order valence-corrected chi connectivity index (χ0v) is 18.2. The molecule has 1 heterocycles. The quantitative estimate of drug-likeness (QED) is 0.565. The molecule has 4 nitrogen and oxygen atoms in total. The summed E-state index contributed by atoms with van der Waals surface area (Å²) in [5, 5.41) is 3.33. The van der Waals surface area contributed by atoms with Crippen molar-refractivity contribution in [2.24, 2.45) is 5.41 Å². The van der Waals surface area contributed by atoms with Gasteiger partial charge in [-0.2, -0.15) is 0 Å². The number of ether oxygens (including phenoxy) is 2. The molecule has 1 aliphatic heterocycles. The van der Waals surface area contributed by atoms with Crippen LogP contribution in [0.4, 0.5) is 0 Å². The molecule has 0 bridgehead atoms. The first-order chi connectivity index (χ1) is 14.4. The molecular weight excluding hydrogens is 374 g/mol. The summed E-state index contributed by atoms with van der Waals surface area (Å²) < 4.78 is 11.7. The number of carbonyl (C=O) groups excluding carboxylic acids is 1. The van der Waals surface area contributed by atoms with Crippen LogP contribution in [-0.4, -0.2) is 25.2 Å². The molecule has 2 aliphatic rings. The lowest BCUT2D eigenvalue weighted by atomic mass is 9.93. The van der Waals surface area contributed by atoms with Gasteiger partial charge in [0.1, 0.15) is 17.6 Å². The molecule has 0 radical (unpaired) electrons. The fraction of sp³-hybridized carbons (Fsp3) is 0.423. The van der Waals surface area contributed by atoms with Gasteiger partial charge in [-0.25, -0.2) is 0 Å². The third kappa shape index (κ3) is 4.76. The second-order valence-corrected chi connectivity index (χ2v) is 9.23. The topological polar surface area (TPSA) is 47.6 Å². The van der Waals surface area contributed by atoms with Gasteiger partial charge in [-0.05, 0) is 99.5 Å². The van der Waals surface area contributed by atoms with E-state index in [0.717, 1.165) is 44.5 Å². The van der Waals surface area contributed by atoms with Gasteiger partial charge in [-0.1, -0.05) is 24.3 Å². The normalized spacial score (nSPS) is 18.9. The molecule has 0 saturated carbocycles. The maximum absolute atomic E-state index is 12.3. The number of carbonyl (C=O) groups is 1. The van der Waals surface area contributed by atoms with Gasteiger partial charge in [-0.3, -0.25) is 4.79 Å². The Balaban J connectivity index is 1.55. The second kappa shape index (κ2) is 8.65. The van der Waals surface area contributed by atoms with E-state index in [1.807, 2.05) is 32.9 Å². The Bertz CT molecular complexity index is 932. The van der Waals surface area contributed by atoms with Crippen LogP contribution in [0.5, 0.6) is 11.5 Å². The summed E-state index contributed by atoms with van der Waals surface area (Å²) >= 11 is 0. The van der Waals surface area contributed by atoms with Crippen LogP contribution >= 0.6 is 0 Å². The molecule has 0 aromatic heterocycles. The average molecular weight is 406 g/mol. The van der Waals surface area contributed by atoms with Crippen molar-refractivity contribution in [2.45, 2.75) is 52.6 Å². The number of nitrogens with one attached hydrogen (secondary N) is 1. The first kappa shape index (κ1) is 20.7. The monoisotopic (exact) mass is 405 g/mol. The Labute approximate surface area is 179 Å². The van der Waals surface area contributed by atoms with Crippen LogP contribution in [0.2, 0.25) is 0 Å². The first-order valence-corrected chi connectivity index (χ1v) is 10.9. The maximum Gasteiger partial charge on any atom is 0.316 e. The SMILES string of the molecule is CC(C)(C)C(=O)Oc1ccc2c(c1)CCCC=C2c1ccc(OC2CCNC2)cc1. The predicted molar refractivity (Wildman–Crippen MR) is 120 cm³/mol. The van der Waals surface area contributed by atoms with Crippen LogP contribution in [0.25, 0.3) is 5.57 Å². The van der Waals surface area contributed by atoms with E-state index in [1.54, 1.807) is 0 Å². The van der Waals surface area contributed by atoms with E-state index in [0.29, 0.717) is 5.75 Å². The molecule has 0 amide bonds. The van der Waals surface area contributed by atoms with Crippen molar-refractivity contribution in [2.75, 3.05) is 13.1 Å². The van der Waals surface area contributed by atoms with Crippen molar-refractivity contribution in [3.05, 3.63) is 65.2 Å². The third-order valence-electron chi connectivity index (χ3n) is 5.67. The zero-order valence-electron chi connectivity index (χ0n) is 18.2. The van der Waals surface area contributed by atoms with Gasteiger partial charge < -0.3 is 14.8 Å². The van der Waals surface area contributed by atoms with Crippen LogP contribution in [0, 0.1) is 5.41 Å². The van der Waals surface area contributed by atoms with E-state index in [2.05, 4.69) is 41.7 Å². The van der Waals surface area contributed by atoms with Gasteiger partial charge in [0.25, 0.3) is 0 Å². The highest BCUT2D eigenvalue weighted by Crippen LogP contribution is 2.34. The first-order valence-electron chi connectivity index (χ1n) is 10.9. The average Bonchev–Trinajstić information content (AvgIpc) is 3.13.